The Morgan fingerprint density at radius 1 is 1.64 bits per heavy atom. The maximum Gasteiger partial charge on any atom is 0.0964 e. The molecule has 0 saturated heterocycles. The van der Waals surface area contributed by atoms with E-state index in [4.69, 9.17) is 5.73 Å². The highest BCUT2D eigenvalue weighted by Crippen LogP contribution is 2.27. The molecule has 1 aliphatic rings. The third-order valence-electron chi connectivity index (χ3n) is 2.74. The summed E-state index contributed by atoms with van der Waals surface area (Å²) in [5, 5.41) is 11.3. The quantitative estimate of drug-likeness (QED) is 0.715. The summed E-state index contributed by atoms with van der Waals surface area (Å²) in [5.74, 6) is 0. The standard InChI is InChI=1S/C9H17N5/c1-11-5-8-6-14(13-12-8)9-3-2-7(10)4-9/h6-7,9,11H,2-5,10H2,1H3/t7-,9+/m0/s1. The van der Waals surface area contributed by atoms with Crippen molar-refractivity contribution in [2.45, 2.75) is 37.9 Å². The van der Waals surface area contributed by atoms with E-state index in [2.05, 4.69) is 15.6 Å². The highest BCUT2D eigenvalue weighted by atomic mass is 15.4. The van der Waals surface area contributed by atoms with Gasteiger partial charge in [-0.15, -0.1) is 5.10 Å². The van der Waals surface area contributed by atoms with Gasteiger partial charge in [0, 0.05) is 12.6 Å². The van der Waals surface area contributed by atoms with Crippen LogP contribution in [0.25, 0.3) is 0 Å². The number of nitrogens with two attached hydrogens (primary N) is 1. The lowest BCUT2D eigenvalue weighted by atomic mass is 10.2. The van der Waals surface area contributed by atoms with Crippen molar-refractivity contribution in [3.05, 3.63) is 11.9 Å². The lowest BCUT2D eigenvalue weighted by Gasteiger charge is -2.07. The number of nitrogens with zero attached hydrogens (tertiary/aromatic N) is 3. The van der Waals surface area contributed by atoms with Gasteiger partial charge in [0.1, 0.15) is 0 Å². The first kappa shape index (κ1) is 9.61. The Morgan fingerprint density at radius 3 is 3.14 bits per heavy atom. The molecule has 0 aromatic carbocycles. The van der Waals surface area contributed by atoms with Gasteiger partial charge in [-0.05, 0) is 26.3 Å². The average molecular weight is 195 g/mol. The first-order valence-electron chi connectivity index (χ1n) is 5.10. The molecule has 1 heterocycles. The zero-order valence-corrected chi connectivity index (χ0v) is 8.48. The molecule has 0 spiro atoms. The molecule has 2 atom stereocenters. The van der Waals surface area contributed by atoms with E-state index in [1.807, 2.05) is 17.9 Å². The second-order valence-electron chi connectivity index (χ2n) is 3.95. The van der Waals surface area contributed by atoms with Gasteiger partial charge in [0.05, 0.1) is 17.9 Å². The summed E-state index contributed by atoms with van der Waals surface area (Å²) in [6.07, 6.45) is 5.27. The van der Waals surface area contributed by atoms with Crippen molar-refractivity contribution in [3.8, 4) is 0 Å². The van der Waals surface area contributed by atoms with E-state index < -0.39 is 0 Å². The molecule has 1 saturated carbocycles. The second kappa shape index (κ2) is 4.06. The first-order valence-corrected chi connectivity index (χ1v) is 5.10. The Morgan fingerprint density at radius 2 is 2.50 bits per heavy atom. The van der Waals surface area contributed by atoms with Crippen LogP contribution in [0.15, 0.2) is 6.20 Å². The van der Waals surface area contributed by atoms with Gasteiger partial charge >= 0.3 is 0 Å². The Kier molecular flexibility index (Phi) is 2.79. The highest BCUT2D eigenvalue weighted by molar-refractivity contribution is 4.94. The van der Waals surface area contributed by atoms with Gasteiger partial charge in [-0.1, -0.05) is 5.21 Å². The van der Waals surface area contributed by atoms with Gasteiger partial charge in [0.2, 0.25) is 0 Å². The minimum atomic E-state index is 0.344. The molecule has 0 aliphatic heterocycles. The van der Waals surface area contributed by atoms with Crippen molar-refractivity contribution >= 4 is 0 Å². The van der Waals surface area contributed by atoms with Crippen LogP contribution in [0, 0.1) is 0 Å². The summed E-state index contributed by atoms with van der Waals surface area (Å²) in [5.41, 5.74) is 6.85. The average Bonchev–Trinajstić information content (AvgIpc) is 2.74. The second-order valence-corrected chi connectivity index (χ2v) is 3.95. The van der Waals surface area contributed by atoms with E-state index in [1.165, 1.54) is 0 Å². The Labute approximate surface area is 83.7 Å². The zero-order valence-electron chi connectivity index (χ0n) is 8.48. The number of hydrogen-bond acceptors (Lipinski definition) is 4. The van der Waals surface area contributed by atoms with Crippen molar-refractivity contribution in [1.29, 1.82) is 0 Å². The van der Waals surface area contributed by atoms with Gasteiger partial charge < -0.3 is 11.1 Å². The number of aromatic nitrogens is 3. The van der Waals surface area contributed by atoms with Crippen molar-refractivity contribution < 1.29 is 0 Å². The minimum Gasteiger partial charge on any atom is -0.328 e. The van der Waals surface area contributed by atoms with Crippen LogP contribution in [0.4, 0.5) is 0 Å². The van der Waals surface area contributed by atoms with Crippen molar-refractivity contribution in [1.82, 2.24) is 20.3 Å². The van der Waals surface area contributed by atoms with Crippen LogP contribution in [0.3, 0.4) is 0 Å². The monoisotopic (exact) mass is 195 g/mol. The van der Waals surface area contributed by atoms with Crippen LogP contribution in [0.1, 0.15) is 31.0 Å². The molecule has 14 heavy (non-hydrogen) atoms. The van der Waals surface area contributed by atoms with Crippen LogP contribution in [-0.4, -0.2) is 28.1 Å². The molecule has 1 aromatic heterocycles. The lowest BCUT2D eigenvalue weighted by Crippen LogP contribution is -2.16. The third kappa shape index (κ3) is 1.93. The normalized spacial score (nSPS) is 27.0. The summed E-state index contributed by atoms with van der Waals surface area (Å²) in [6, 6.07) is 0.806. The minimum absolute atomic E-state index is 0.344. The molecule has 5 heteroatoms. The molecule has 3 N–H and O–H groups in total. The van der Waals surface area contributed by atoms with Crippen molar-refractivity contribution in [3.63, 3.8) is 0 Å². The SMILES string of the molecule is CNCc1cn([C@@H]2CC[C@H](N)C2)nn1. The van der Waals surface area contributed by atoms with Gasteiger partial charge in [0.25, 0.3) is 0 Å². The van der Waals surface area contributed by atoms with Gasteiger partial charge in [-0.25, -0.2) is 4.68 Å². The molecule has 1 fully saturated rings. The fourth-order valence-corrected chi connectivity index (χ4v) is 1.99. The van der Waals surface area contributed by atoms with Crippen LogP contribution < -0.4 is 11.1 Å². The zero-order chi connectivity index (χ0) is 9.97. The fraction of sp³-hybridized carbons (Fsp3) is 0.778. The van der Waals surface area contributed by atoms with E-state index in [0.717, 1.165) is 31.5 Å². The van der Waals surface area contributed by atoms with E-state index in [1.54, 1.807) is 0 Å². The molecule has 0 unspecified atom stereocenters. The Bertz CT molecular complexity index is 295. The number of hydrogen-bond donors (Lipinski definition) is 2. The Balaban J connectivity index is 2.02. The molecule has 1 aromatic rings. The van der Waals surface area contributed by atoms with Gasteiger partial charge in [0.15, 0.2) is 0 Å². The van der Waals surface area contributed by atoms with Crippen LogP contribution in [0.5, 0.6) is 0 Å². The summed E-state index contributed by atoms with van der Waals surface area (Å²) in [7, 11) is 1.91. The summed E-state index contributed by atoms with van der Waals surface area (Å²) < 4.78 is 1.96. The van der Waals surface area contributed by atoms with Crippen LogP contribution in [-0.2, 0) is 6.54 Å². The highest BCUT2D eigenvalue weighted by Gasteiger charge is 2.23. The maximum absolute atomic E-state index is 5.85. The number of nitrogens with one attached hydrogen (secondary N) is 1. The summed E-state index contributed by atoms with van der Waals surface area (Å²) >= 11 is 0. The summed E-state index contributed by atoms with van der Waals surface area (Å²) in [4.78, 5) is 0. The fourth-order valence-electron chi connectivity index (χ4n) is 1.99. The maximum atomic E-state index is 5.85. The smallest absolute Gasteiger partial charge is 0.0964 e. The molecule has 1 aliphatic carbocycles. The van der Waals surface area contributed by atoms with Gasteiger partial charge in [-0.2, -0.15) is 0 Å². The third-order valence-corrected chi connectivity index (χ3v) is 2.74. The Hall–Kier alpha value is -0.940. The molecule has 5 nitrogen and oxygen atoms in total. The first-order chi connectivity index (χ1) is 6.79. The lowest BCUT2D eigenvalue weighted by molar-refractivity contribution is 0.448. The predicted molar refractivity (Wildman–Crippen MR) is 53.6 cm³/mol. The molecule has 0 bridgehead atoms. The van der Waals surface area contributed by atoms with Crippen molar-refractivity contribution in [2.75, 3.05) is 7.05 Å². The van der Waals surface area contributed by atoms with Crippen molar-refractivity contribution in [2.24, 2.45) is 5.73 Å². The molecule has 0 radical (unpaired) electrons. The molecule has 78 valence electrons. The van der Waals surface area contributed by atoms with Gasteiger partial charge in [-0.3, -0.25) is 0 Å². The van der Waals surface area contributed by atoms with E-state index in [9.17, 15) is 0 Å². The van der Waals surface area contributed by atoms with Crippen LogP contribution in [0.2, 0.25) is 0 Å². The van der Waals surface area contributed by atoms with E-state index in [0.29, 0.717) is 12.1 Å². The number of rotatable bonds is 3. The molecule has 0 amide bonds. The van der Waals surface area contributed by atoms with Crippen LogP contribution >= 0.6 is 0 Å². The summed E-state index contributed by atoms with van der Waals surface area (Å²) in [6.45, 7) is 0.777. The van der Waals surface area contributed by atoms with E-state index >= 15 is 0 Å². The van der Waals surface area contributed by atoms with E-state index in [-0.39, 0.29) is 0 Å². The largest absolute Gasteiger partial charge is 0.328 e. The molecular formula is C9H17N5. The molecular weight excluding hydrogens is 178 g/mol. The molecule has 2 rings (SSSR count). The topological polar surface area (TPSA) is 68.8 Å². The predicted octanol–water partition coefficient (Wildman–Crippen LogP) is 0.0498.